The lowest BCUT2D eigenvalue weighted by Crippen LogP contribution is -2.39. The van der Waals surface area contributed by atoms with Crippen molar-refractivity contribution in [3.63, 3.8) is 0 Å². The van der Waals surface area contributed by atoms with Crippen molar-refractivity contribution < 1.29 is 9.18 Å². The van der Waals surface area contributed by atoms with Crippen LogP contribution in [0.25, 0.3) is 0 Å². The summed E-state index contributed by atoms with van der Waals surface area (Å²) < 4.78 is 15.4. The zero-order chi connectivity index (χ0) is 18.7. The largest absolute Gasteiger partial charge is 0.328 e. The van der Waals surface area contributed by atoms with Gasteiger partial charge in [0.25, 0.3) is 11.5 Å². The Hall–Kier alpha value is -3.00. The highest BCUT2D eigenvalue weighted by atomic mass is 79.9. The molecule has 0 saturated heterocycles. The van der Waals surface area contributed by atoms with E-state index in [1.165, 1.54) is 18.2 Å². The van der Waals surface area contributed by atoms with Gasteiger partial charge in [-0.15, -0.1) is 0 Å². The Morgan fingerprint density at radius 1 is 1.15 bits per heavy atom. The molecule has 0 fully saturated rings. The Morgan fingerprint density at radius 3 is 2.65 bits per heavy atom. The molecule has 2 N–H and O–H groups in total. The van der Waals surface area contributed by atoms with Gasteiger partial charge in [-0.2, -0.15) is 0 Å². The van der Waals surface area contributed by atoms with Gasteiger partial charge in [0.15, 0.2) is 0 Å². The minimum Gasteiger partial charge on any atom is -0.322 e. The smallest absolute Gasteiger partial charge is 0.322 e. The highest BCUT2D eigenvalue weighted by Gasteiger charge is 2.16. The van der Waals surface area contributed by atoms with Gasteiger partial charge in [0.2, 0.25) is 0 Å². The minimum atomic E-state index is -0.801. The summed E-state index contributed by atoms with van der Waals surface area (Å²) >= 11 is 3.29. The second-order valence-electron chi connectivity index (χ2n) is 5.45. The Morgan fingerprint density at radius 2 is 1.92 bits per heavy atom. The highest BCUT2D eigenvalue weighted by Crippen LogP contribution is 2.16. The van der Waals surface area contributed by atoms with E-state index in [0.717, 1.165) is 15.2 Å². The second kappa shape index (κ2) is 7.49. The van der Waals surface area contributed by atoms with Gasteiger partial charge < -0.3 is 10.3 Å². The molecule has 3 aromatic rings. The maximum atomic E-state index is 13.8. The van der Waals surface area contributed by atoms with Crippen LogP contribution in [-0.4, -0.2) is 15.5 Å². The fraction of sp³-hybridized carbons (Fsp3) is 0.0556. The topological polar surface area (TPSA) is 84.0 Å². The summed E-state index contributed by atoms with van der Waals surface area (Å²) in [5.74, 6) is -1.21. The number of hydrogen-bond acceptors (Lipinski definition) is 3. The number of aromatic amines is 1. The van der Waals surface area contributed by atoms with Crippen molar-refractivity contribution in [2.24, 2.45) is 0 Å². The molecule has 132 valence electrons. The lowest BCUT2D eigenvalue weighted by Gasteiger charge is -2.09. The van der Waals surface area contributed by atoms with Crippen LogP contribution in [0.1, 0.15) is 15.9 Å². The van der Waals surface area contributed by atoms with Gasteiger partial charge in [0.1, 0.15) is 11.4 Å². The third-order valence-corrected chi connectivity index (χ3v) is 4.17. The van der Waals surface area contributed by atoms with Crippen LogP contribution in [0, 0.1) is 5.82 Å². The number of amides is 1. The van der Waals surface area contributed by atoms with Gasteiger partial charge in [-0.1, -0.05) is 40.2 Å². The van der Waals surface area contributed by atoms with E-state index < -0.39 is 23.0 Å². The third-order valence-electron chi connectivity index (χ3n) is 3.67. The molecule has 0 saturated carbocycles. The lowest BCUT2D eigenvalue weighted by atomic mass is 10.2. The molecule has 0 spiro atoms. The van der Waals surface area contributed by atoms with Crippen molar-refractivity contribution >= 4 is 27.5 Å². The molecule has 1 aromatic heterocycles. The van der Waals surface area contributed by atoms with Crippen LogP contribution in [0.3, 0.4) is 0 Å². The normalized spacial score (nSPS) is 10.5. The number of hydrogen-bond donors (Lipinski definition) is 2. The molecule has 0 aliphatic rings. The van der Waals surface area contributed by atoms with Gasteiger partial charge in [0, 0.05) is 21.9 Å². The van der Waals surface area contributed by atoms with E-state index in [9.17, 15) is 18.8 Å². The quantitative estimate of drug-likeness (QED) is 0.684. The van der Waals surface area contributed by atoms with Crippen molar-refractivity contribution in [2.45, 2.75) is 6.54 Å². The van der Waals surface area contributed by atoms with Crippen molar-refractivity contribution in [3.05, 3.63) is 97.0 Å². The summed E-state index contributed by atoms with van der Waals surface area (Å²) in [6.45, 7) is -0.279. The summed E-state index contributed by atoms with van der Waals surface area (Å²) in [7, 11) is 0. The predicted octanol–water partition coefficient (Wildman–Crippen LogP) is 2.74. The fourth-order valence-corrected chi connectivity index (χ4v) is 2.78. The Kier molecular flexibility index (Phi) is 5.13. The molecule has 8 heteroatoms. The van der Waals surface area contributed by atoms with Gasteiger partial charge in [0.05, 0.1) is 6.54 Å². The van der Waals surface area contributed by atoms with Crippen LogP contribution < -0.4 is 16.6 Å². The molecule has 1 amide bonds. The zero-order valence-corrected chi connectivity index (χ0v) is 14.9. The number of carbonyl (C=O) groups excluding carboxylic acids is 1. The maximum absolute atomic E-state index is 13.8. The molecular weight excluding hydrogens is 405 g/mol. The molecule has 0 aliphatic heterocycles. The number of rotatable bonds is 4. The van der Waals surface area contributed by atoms with E-state index in [2.05, 4.69) is 26.2 Å². The Balaban J connectivity index is 1.94. The molecule has 0 unspecified atom stereocenters. The number of benzene rings is 2. The average Bonchev–Trinajstić information content (AvgIpc) is 2.60. The minimum absolute atomic E-state index is 0.171. The Bertz CT molecular complexity index is 1090. The number of aromatic nitrogens is 2. The maximum Gasteiger partial charge on any atom is 0.328 e. The van der Waals surface area contributed by atoms with Crippen molar-refractivity contribution in [1.29, 1.82) is 0 Å². The van der Waals surface area contributed by atoms with E-state index in [-0.39, 0.29) is 17.7 Å². The summed E-state index contributed by atoms with van der Waals surface area (Å²) in [6, 6.07) is 12.6. The van der Waals surface area contributed by atoms with Crippen molar-refractivity contribution in [2.75, 3.05) is 5.32 Å². The first kappa shape index (κ1) is 17.8. The number of H-pyrrole nitrogens is 1. The van der Waals surface area contributed by atoms with Gasteiger partial charge >= 0.3 is 5.69 Å². The van der Waals surface area contributed by atoms with E-state index in [4.69, 9.17) is 0 Å². The standard InChI is InChI=1S/C18H13BrFN3O3/c19-12-5-3-6-13(8-12)22-16(24)14-9-21-18(26)23(17(14)25)10-11-4-1-2-7-15(11)20/h1-9H,10H2,(H,21,26)(H,22,24). The molecule has 3 rings (SSSR count). The molecular formula is C18H13BrFN3O3. The fourth-order valence-electron chi connectivity index (χ4n) is 2.38. The summed E-state index contributed by atoms with van der Waals surface area (Å²) in [6.07, 6.45) is 1.05. The van der Waals surface area contributed by atoms with E-state index in [0.29, 0.717) is 5.69 Å². The van der Waals surface area contributed by atoms with Gasteiger partial charge in [-0.3, -0.25) is 14.2 Å². The molecule has 0 atom stereocenters. The van der Waals surface area contributed by atoms with E-state index in [1.807, 2.05) is 0 Å². The number of anilines is 1. The van der Waals surface area contributed by atoms with Crippen LogP contribution in [0.2, 0.25) is 0 Å². The number of carbonyl (C=O) groups is 1. The molecule has 26 heavy (non-hydrogen) atoms. The highest BCUT2D eigenvalue weighted by molar-refractivity contribution is 9.10. The molecule has 2 aromatic carbocycles. The SMILES string of the molecule is O=C(Nc1cccc(Br)c1)c1c[nH]c(=O)n(Cc2ccccc2F)c1=O. The first-order valence-corrected chi connectivity index (χ1v) is 8.38. The van der Waals surface area contributed by atoms with Crippen LogP contribution in [0.5, 0.6) is 0 Å². The van der Waals surface area contributed by atoms with Crippen LogP contribution in [0.4, 0.5) is 10.1 Å². The lowest BCUT2D eigenvalue weighted by molar-refractivity contribution is 0.102. The van der Waals surface area contributed by atoms with Crippen LogP contribution in [0.15, 0.2) is 68.8 Å². The van der Waals surface area contributed by atoms with Gasteiger partial charge in [-0.05, 0) is 24.3 Å². The first-order valence-electron chi connectivity index (χ1n) is 7.58. The molecule has 0 bridgehead atoms. The monoisotopic (exact) mass is 417 g/mol. The van der Waals surface area contributed by atoms with Crippen molar-refractivity contribution in [3.8, 4) is 0 Å². The number of halogens is 2. The predicted molar refractivity (Wildman–Crippen MR) is 98.9 cm³/mol. The molecule has 6 nitrogen and oxygen atoms in total. The Labute approximate surface area is 155 Å². The molecule has 0 aliphatic carbocycles. The van der Waals surface area contributed by atoms with Crippen LogP contribution >= 0.6 is 15.9 Å². The third kappa shape index (κ3) is 3.80. The van der Waals surface area contributed by atoms with Crippen molar-refractivity contribution in [1.82, 2.24) is 9.55 Å². The number of nitrogens with zero attached hydrogens (tertiary/aromatic N) is 1. The molecule has 0 radical (unpaired) electrons. The summed E-state index contributed by atoms with van der Waals surface area (Å²) in [4.78, 5) is 39.3. The average molecular weight is 418 g/mol. The second-order valence-corrected chi connectivity index (χ2v) is 6.37. The first-order chi connectivity index (χ1) is 12.5. The van der Waals surface area contributed by atoms with Gasteiger partial charge in [-0.25, -0.2) is 9.18 Å². The summed E-state index contributed by atoms with van der Waals surface area (Å²) in [5.41, 5.74) is -1.12. The van der Waals surface area contributed by atoms with E-state index >= 15 is 0 Å². The summed E-state index contributed by atoms with van der Waals surface area (Å²) in [5, 5.41) is 2.58. The number of nitrogens with one attached hydrogen (secondary N) is 2. The van der Waals surface area contributed by atoms with Crippen LogP contribution in [-0.2, 0) is 6.54 Å². The van der Waals surface area contributed by atoms with E-state index in [1.54, 1.807) is 30.3 Å². The molecule has 1 heterocycles. The zero-order valence-electron chi connectivity index (χ0n) is 13.3.